The van der Waals surface area contributed by atoms with Crippen LogP contribution in [0, 0.1) is 5.82 Å². The minimum absolute atomic E-state index is 0.205. The second-order valence-electron chi connectivity index (χ2n) is 6.63. The number of halogens is 1. The lowest BCUT2D eigenvalue weighted by Crippen LogP contribution is -2.16. The maximum Gasteiger partial charge on any atom is 0.123 e. The Kier molecular flexibility index (Phi) is 7.00. The molecule has 0 heterocycles. The van der Waals surface area contributed by atoms with Crippen molar-refractivity contribution in [2.24, 2.45) is 0 Å². The molecule has 0 amide bonds. The quantitative estimate of drug-likeness (QED) is 0.499. The molecule has 27 heavy (non-hydrogen) atoms. The molecule has 0 saturated carbocycles. The molecule has 1 N–H and O–H groups in total. The van der Waals surface area contributed by atoms with Gasteiger partial charge in [-0.05, 0) is 65.9 Å². The van der Waals surface area contributed by atoms with Crippen molar-refractivity contribution in [2.45, 2.75) is 26.3 Å². The molecule has 0 saturated heterocycles. The number of hydrogen-bond acceptors (Lipinski definition) is 2. The topological polar surface area (TPSA) is 21.3 Å². The summed E-state index contributed by atoms with van der Waals surface area (Å²) in [5.41, 5.74) is 4.65. The van der Waals surface area contributed by atoms with Crippen molar-refractivity contribution < 1.29 is 9.13 Å². The van der Waals surface area contributed by atoms with Gasteiger partial charge in [0.1, 0.15) is 11.6 Å². The van der Waals surface area contributed by atoms with Gasteiger partial charge in [-0.25, -0.2) is 4.39 Å². The number of nitrogens with one attached hydrogen (secondary N) is 1. The Hall–Kier alpha value is -2.65. The van der Waals surface area contributed by atoms with Crippen LogP contribution in [0.25, 0.3) is 11.1 Å². The zero-order valence-electron chi connectivity index (χ0n) is 15.7. The van der Waals surface area contributed by atoms with Crippen LogP contribution in [0.2, 0.25) is 0 Å². The maximum absolute atomic E-state index is 13.1. The molecule has 0 bridgehead atoms. The van der Waals surface area contributed by atoms with Crippen molar-refractivity contribution in [1.29, 1.82) is 0 Å². The van der Waals surface area contributed by atoms with Crippen LogP contribution in [0.1, 0.15) is 24.5 Å². The largest absolute Gasteiger partial charge is 0.494 e. The van der Waals surface area contributed by atoms with E-state index in [1.54, 1.807) is 0 Å². The lowest BCUT2D eigenvalue weighted by Gasteiger charge is -2.09. The number of hydrogen-bond donors (Lipinski definition) is 1. The number of benzene rings is 3. The van der Waals surface area contributed by atoms with Crippen LogP contribution >= 0.6 is 0 Å². The fourth-order valence-corrected chi connectivity index (χ4v) is 2.98. The van der Waals surface area contributed by atoms with E-state index in [0.29, 0.717) is 0 Å². The third-order valence-electron chi connectivity index (χ3n) is 4.40. The summed E-state index contributed by atoms with van der Waals surface area (Å²) in [6.07, 6.45) is 1.96. The molecule has 3 heteroatoms. The highest BCUT2D eigenvalue weighted by atomic mass is 19.1. The highest BCUT2D eigenvalue weighted by Gasteiger charge is 2.01. The Morgan fingerprint density at radius 2 is 1.63 bits per heavy atom. The summed E-state index contributed by atoms with van der Waals surface area (Å²) in [5, 5.41) is 3.50. The normalized spacial score (nSPS) is 10.7. The molecule has 140 valence electrons. The summed E-state index contributed by atoms with van der Waals surface area (Å²) in [4.78, 5) is 0. The van der Waals surface area contributed by atoms with E-state index in [2.05, 4.69) is 48.6 Å². The fourth-order valence-electron chi connectivity index (χ4n) is 2.98. The van der Waals surface area contributed by atoms with Crippen LogP contribution in [-0.4, -0.2) is 13.2 Å². The van der Waals surface area contributed by atoms with Crippen molar-refractivity contribution in [3.8, 4) is 16.9 Å². The van der Waals surface area contributed by atoms with Crippen molar-refractivity contribution >= 4 is 0 Å². The van der Waals surface area contributed by atoms with E-state index in [4.69, 9.17) is 4.74 Å². The minimum Gasteiger partial charge on any atom is -0.494 e. The lowest BCUT2D eigenvalue weighted by molar-refractivity contribution is 0.317. The molecule has 0 aromatic heterocycles. The van der Waals surface area contributed by atoms with Gasteiger partial charge in [-0.1, -0.05) is 55.5 Å². The van der Waals surface area contributed by atoms with E-state index in [0.717, 1.165) is 49.4 Å². The average molecular weight is 363 g/mol. The maximum atomic E-state index is 13.1. The average Bonchev–Trinajstić information content (AvgIpc) is 2.71. The van der Waals surface area contributed by atoms with Crippen LogP contribution in [0.5, 0.6) is 5.75 Å². The van der Waals surface area contributed by atoms with Crippen LogP contribution < -0.4 is 10.1 Å². The molecule has 0 aliphatic heterocycles. The van der Waals surface area contributed by atoms with Crippen LogP contribution in [0.3, 0.4) is 0 Å². The van der Waals surface area contributed by atoms with Crippen molar-refractivity contribution in [3.63, 3.8) is 0 Å². The Bertz CT molecular complexity index is 845. The monoisotopic (exact) mass is 363 g/mol. The first kappa shape index (κ1) is 19.1. The highest BCUT2D eigenvalue weighted by Crippen LogP contribution is 2.21. The Morgan fingerprint density at radius 3 is 2.44 bits per heavy atom. The predicted octanol–water partition coefficient (Wildman–Crippen LogP) is 5.61. The van der Waals surface area contributed by atoms with E-state index >= 15 is 0 Å². The van der Waals surface area contributed by atoms with E-state index in [9.17, 15) is 4.39 Å². The summed E-state index contributed by atoms with van der Waals surface area (Å²) in [6.45, 7) is 4.58. The molecule has 2 nitrogen and oxygen atoms in total. The first-order valence-electron chi connectivity index (χ1n) is 9.52. The van der Waals surface area contributed by atoms with Gasteiger partial charge in [-0.2, -0.15) is 0 Å². The van der Waals surface area contributed by atoms with Crippen LogP contribution in [0.15, 0.2) is 72.8 Å². The van der Waals surface area contributed by atoms with E-state index in [1.807, 2.05) is 24.3 Å². The van der Waals surface area contributed by atoms with Crippen molar-refractivity contribution in [1.82, 2.24) is 5.32 Å². The lowest BCUT2D eigenvalue weighted by atomic mass is 10.0. The molecule has 3 rings (SSSR count). The second kappa shape index (κ2) is 9.89. The molecule has 0 fully saturated rings. The molecular weight excluding hydrogens is 337 g/mol. The first-order chi connectivity index (χ1) is 13.2. The van der Waals surface area contributed by atoms with Gasteiger partial charge in [0.2, 0.25) is 0 Å². The SMILES string of the molecule is CCCOc1cccc(CNCCc2cccc(-c3ccc(F)cc3)c2)c1. The van der Waals surface area contributed by atoms with Crippen molar-refractivity contribution in [3.05, 3.63) is 89.7 Å². The molecule has 0 radical (unpaired) electrons. The predicted molar refractivity (Wildman–Crippen MR) is 109 cm³/mol. The number of ether oxygens (including phenoxy) is 1. The molecule has 0 unspecified atom stereocenters. The summed E-state index contributed by atoms with van der Waals surface area (Å²) in [7, 11) is 0. The third kappa shape index (κ3) is 5.93. The molecule has 0 aliphatic carbocycles. The van der Waals surface area contributed by atoms with Gasteiger partial charge in [-0.3, -0.25) is 0 Å². The molecule has 3 aromatic rings. The van der Waals surface area contributed by atoms with Gasteiger partial charge < -0.3 is 10.1 Å². The fraction of sp³-hybridized carbons (Fsp3) is 0.250. The van der Waals surface area contributed by atoms with Crippen LogP contribution in [-0.2, 0) is 13.0 Å². The summed E-state index contributed by atoms with van der Waals surface area (Å²) in [6, 6.07) is 23.3. The van der Waals surface area contributed by atoms with E-state index in [-0.39, 0.29) is 5.82 Å². The highest BCUT2D eigenvalue weighted by molar-refractivity contribution is 5.64. The Balaban J connectivity index is 1.51. The first-order valence-corrected chi connectivity index (χ1v) is 9.52. The van der Waals surface area contributed by atoms with Gasteiger partial charge in [0.05, 0.1) is 6.61 Å². The molecule has 0 aliphatic rings. The van der Waals surface area contributed by atoms with Crippen molar-refractivity contribution in [2.75, 3.05) is 13.2 Å². The van der Waals surface area contributed by atoms with E-state index in [1.165, 1.54) is 23.3 Å². The van der Waals surface area contributed by atoms with Gasteiger partial charge in [0.25, 0.3) is 0 Å². The molecule has 0 spiro atoms. The molecule has 0 atom stereocenters. The van der Waals surface area contributed by atoms with Gasteiger partial charge in [-0.15, -0.1) is 0 Å². The summed E-state index contributed by atoms with van der Waals surface area (Å²) in [5.74, 6) is 0.728. The summed E-state index contributed by atoms with van der Waals surface area (Å²) >= 11 is 0. The van der Waals surface area contributed by atoms with Gasteiger partial charge >= 0.3 is 0 Å². The minimum atomic E-state index is -0.205. The zero-order valence-corrected chi connectivity index (χ0v) is 15.7. The second-order valence-corrected chi connectivity index (χ2v) is 6.63. The standard InChI is InChI=1S/C24H26FNO/c1-2-15-27-24-8-4-6-20(17-24)18-26-14-13-19-5-3-7-22(16-19)21-9-11-23(25)12-10-21/h3-12,16-17,26H,2,13-15,18H2,1H3. The van der Waals surface area contributed by atoms with Gasteiger partial charge in [0, 0.05) is 6.54 Å². The third-order valence-corrected chi connectivity index (χ3v) is 4.40. The van der Waals surface area contributed by atoms with Gasteiger partial charge in [0.15, 0.2) is 0 Å². The molecular formula is C24H26FNO. The smallest absolute Gasteiger partial charge is 0.123 e. The van der Waals surface area contributed by atoms with E-state index < -0.39 is 0 Å². The number of rotatable bonds is 9. The zero-order chi connectivity index (χ0) is 18.9. The Morgan fingerprint density at radius 1 is 0.852 bits per heavy atom. The summed E-state index contributed by atoms with van der Waals surface area (Å²) < 4.78 is 18.8. The Labute approximate surface area is 161 Å². The van der Waals surface area contributed by atoms with Crippen LogP contribution in [0.4, 0.5) is 4.39 Å². The molecule has 3 aromatic carbocycles.